The third-order valence-electron chi connectivity index (χ3n) is 6.69. The third-order valence-corrected chi connectivity index (χ3v) is 6.69. The van der Waals surface area contributed by atoms with Crippen molar-refractivity contribution in [3.05, 3.63) is 120 Å². The molecule has 0 spiro atoms. The van der Waals surface area contributed by atoms with Gasteiger partial charge in [0.05, 0.1) is 22.8 Å². The molecule has 1 N–H and O–H groups in total. The second-order valence-corrected chi connectivity index (χ2v) is 10.6. The van der Waals surface area contributed by atoms with Crippen molar-refractivity contribution in [3.63, 3.8) is 0 Å². The predicted molar refractivity (Wildman–Crippen MR) is 156 cm³/mol. The van der Waals surface area contributed by atoms with Gasteiger partial charge in [0.1, 0.15) is 5.82 Å². The minimum Gasteiger partial charge on any atom is -0.517 e. The zero-order chi connectivity index (χ0) is 26.9. The van der Waals surface area contributed by atoms with E-state index in [1.165, 1.54) is 5.56 Å². The molecule has 5 rings (SSSR count). The molecule has 2 heterocycles. The van der Waals surface area contributed by atoms with Gasteiger partial charge in [-0.25, -0.2) is 4.98 Å². The van der Waals surface area contributed by atoms with E-state index in [0.29, 0.717) is 0 Å². The number of phenolic OH excluding ortho intramolecular Hbond substituents is 1. The molecule has 0 saturated heterocycles. The quantitative estimate of drug-likeness (QED) is 0.187. The van der Waals surface area contributed by atoms with Crippen molar-refractivity contribution in [2.45, 2.75) is 40.0 Å². The summed E-state index contributed by atoms with van der Waals surface area (Å²) in [7, 11) is 0. The summed E-state index contributed by atoms with van der Waals surface area (Å²) >= 11 is 0. The largest absolute Gasteiger partial charge is 0.517 e. The molecule has 3 aromatic carbocycles. The normalized spacial score (nSPS) is 11.1. The summed E-state index contributed by atoms with van der Waals surface area (Å²) < 4.78 is 0. The standard InChI is InChI=1S/C34H32N3O.Pt/c1-23-20-26(34(3,4)5)21-24(2)33(23)37(32-18-11-16-30(36-32)29-15-8-9-19-35-29)27-13-10-12-25(22-27)28-14-6-7-17-31(28)38;/h6-21,38H,1-5H3;/q-1;. The number of rotatable bonds is 5. The molecular weight excluding hydrogens is 661 g/mol. The predicted octanol–water partition coefficient (Wildman–Crippen LogP) is 8.70. The molecule has 5 heteroatoms. The monoisotopic (exact) mass is 693 g/mol. The molecule has 0 amide bonds. The van der Waals surface area contributed by atoms with E-state index in [2.05, 4.69) is 62.7 Å². The maximum absolute atomic E-state index is 10.5. The van der Waals surface area contributed by atoms with E-state index in [9.17, 15) is 5.11 Å². The van der Waals surface area contributed by atoms with Gasteiger partial charge in [-0.2, -0.15) is 0 Å². The zero-order valence-electron chi connectivity index (χ0n) is 22.8. The van der Waals surface area contributed by atoms with E-state index in [4.69, 9.17) is 4.98 Å². The average Bonchev–Trinajstić information content (AvgIpc) is 2.91. The van der Waals surface area contributed by atoms with Gasteiger partial charge in [-0.05, 0) is 72.0 Å². The van der Waals surface area contributed by atoms with Crippen molar-refractivity contribution in [2.24, 2.45) is 0 Å². The van der Waals surface area contributed by atoms with Crippen LogP contribution in [0.5, 0.6) is 5.75 Å². The molecule has 5 aromatic rings. The Kier molecular flexibility index (Phi) is 8.37. The van der Waals surface area contributed by atoms with Crippen LogP contribution in [-0.2, 0) is 26.5 Å². The van der Waals surface area contributed by atoms with Crippen LogP contribution in [0, 0.1) is 19.9 Å². The molecule has 0 fully saturated rings. The second kappa shape index (κ2) is 11.6. The van der Waals surface area contributed by atoms with E-state index >= 15 is 0 Å². The maximum Gasteiger partial charge on any atom is 0.136 e. The average molecular weight is 694 g/mol. The van der Waals surface area contributed by atoms with E-state index in [-0.39, 0.29) is 32.2 Å². The van der Waals surface area contributed by atoms with Crippen molar-refractivity contribution in [1.29, 1.82) is 0 Å². The fraction of sp³-hybridized carbons (Fsp3) is 0.176. The summed E-state index contributed by atoms with van der Waals surface area (Å²) in [5.41, 5.74) is 8.70. The van der Waals surface area contributed by atoms with E-state index in [1.807, 2.05) is 72.8 Å². The first-order chi connectivity index (χ1) is 18.2. The Morgan fingerprint density at radius 2 is 1.44 bits per heavy atom. The second-order valence-electron chi connectivity index (χ2n) is 10.6. The molecule has 0 aliphatic rings. The molecule has 0 radical (unpaired) electrons. The van der Waals surface area contributed by atoms with Crippen molar-refractivity contribution in [1.82, 2.24) is 9.97 Å². The van der Waals surface area contributed by atoms with Gasteiger partial charge < -0.3 is 10.0 Å². The Labute approximate surface area is 245 Å². The Bertz CT molecular complexity index is 1570. The van der Waals surface area contributed by atoms with Crippen molar-refractivity contribution < 1.29 is 26.2 Å². The number of phenols is 1. The fourth-order valence-electron chi connectivity index (χ4n) is 4.75. The van der Waals surface area contributed by atoms with Gasteiger partial charge in [-0.15, -0.1) is 29.8 Å². The smallest absolute Gasteiger partial charge is 0.136 e. The number of nitrogens with zero attached hydrogens (tertiary/aromatic N) is 3. The van der Waals surface area contributed by atoms with Gasteiger partial charge in [0.2, 0.25) is 0 Å². The van der Waals surface area contributed by atoms with Gasteiger partial charge in [0.25, 0.3) is 0 Å². The number of aryl methyl sites for hydroxylation is 2. The maximum atomic E-state index is 10.5. The first-order valence-corrected chi connectivity index (χ1v) is 12.8. The van der Waals surface area contributed by atoms with Gasteiger partial charge in [0, 0.05) is 27.3 Å². The first kappa shape index (κ1) is 28.3. The number of aromatic hydroxyl groups is 1. The summed E-state index contributed by atoms with van der Waals surface area (Å²) in [5, 5.41) is 10.5. The molecule has 0 aliphatic carbocycles. The van der Waals surface area contributed by atoms with Gasteiger partial charge in [0.15, 0.2) is 0 Å². The Morgan fingerprint density at radius 3 is 2.10 bits per heavy atom. The van der Waals surface area contributed by atoms with Crippen LogP contribution in [0.4, 0.5) is 17.2 Å². The van der Waals surface area contributed by atoms with Crippen LogP contribution < -0.4 is 4.90 Å². The van der Waals surface area contributed by atoms with Crippen molar-refractivity contribution in [3.8, 4) is 28.3 Å². The molecule has 0 atom stereocenters. The molecule has 200 valence electrons. The van der Waals surface area contributed by atoms with Crippen molar-refractivity contribution in [2.75, 3.05) is 4.90 Å². The number of hydrogen-bond donors (Lipinski definition) is 1. The molecule has 0 aliphatic heterocycles. The van der Waals surface area contributed by atoms with E-state index in [0.717, 1.165) is 50.8 Å². The minimum absolute atomic E-state index is 0. The van der Waals surface area contributed by atoms with Crippen molar-refractivity contribution >= 4 is 17.2 Å². The van der Waals surface area contributed by atoms with Crippen LogP contribution in [0.25, 0.3) is 22.5 Å². The summed E-state index contributed by atoms with van der Waals surface area (Å²) in [6.45, 7) is 11.0. The number of benzene rings is 3. The van der Waals surface area contributed by atoms with Crippen LogP contribution in [0.2, 0.25) is 0 Å². The topological polar surface area (TPSA) is 49.2 Å². The van der Waals surface area contributed by atoms with E-state index in [1.54, 1.807) is 12.3 Å². The molecule has 0 unspecified atom stereocenters. The third kappa shape index (κ3) is 5.97. The minimum atomic E-state index is 0. The summed E-state index contributed by atoms with van der Waals surface area (Å²) in [4.78, 5) is 11.7. The van der Waals surface area contributed by atoms with E-state index < -0.39 is 0 Å². The summed E-state index contributed by atoms with van der Waals surface area (Å²) in [5.74, 6) is 0.998. The molecule has 2 aromatic heterocycles. The summed E-state index contributed by atoms with van der Waals surface area (Å²) in [6.07, 6.45) is 1.78. The SMILES string of the molecule is Cc1cc(C(C)(C)C)cc(C)c1N(c1[c-]c(-c2ccccc2O)ccc1)c1cccc(-c2ccccn2)n1.[Pt]. The molecular formula is C34H32N3OPt-. The van der Waals surface area contributed by atoms with Gasteiger partial charge in [-0.1, -0.05) is 68.8 Å². The number of pyridine rings is 2. The molecule has 0 bridgehead atoms. The fourth-order valence-corrected chi connectivity index (χ4v) is 4.75. The van der Waals surface area contributed by atoms with Crippen LogP contribution in [0.15, 0.2) is 97.2 Å². The zero-order valence-corrected chi connectivity index (χ0v) is 25.1. The van der Waals surface area contributed by atoms with Gasteiger partial charge in [-0.3, -0.25) is 4.98 Å². The molecule has 0 saturated carbocycles. The van der Waals surface area contributed by atoms with Gasteiger partial charge >= 0.3 is 0 Å². The summed E-state index contributed by atoms with van der Waals surface area (Å²) in [6, 6.07) is 33.3. The van der Waals surface area contributed by atoms with Crippen LogP contribution >= 0.6 is 0 Å². The number of hydrogen-bond acceptors (Lipinski definition) is 4. The molecule has 39 heavy (non-hydrogen) atoms. The van der Waals surface area contributed by atoms with Crippen LogP contribution in [0.1, 0.15) is 37.5 Å². The first-order valence-electron chi connectivity index (χ1n) is 12.8. The van der Waals surface area contributed by atoms with Crippen LogP contribution in [-0.4, -0.2) is 15.1 Å². The number of anilines is 3. The Balaban J connectivity index is 0.00000353. The Morgan fingerprint density at radius 1 is 0.769 bits per heavy atom. The van der Waals surface area contributed by atoms with Crippen LogP contribution in [0.3, 0.4) is 0 Å². The Hall–Kier alpha value is -3.75. The number of aromatic nitrogens is 2. The number of para-hydroxylation sites is 1. The molecule has 4 nitrogen and oxygen atoms in total.